The molecule has 1 fully saturated rings. The Balaban J connectivity index is 2.06. The maximum Gasteiger partial charge on any atom is 0.322 e. The molecule has 48 heavy (non-hydrogen) atoms. The van der Waals surface area contributed by atoms with Gasteiger partial charge in [0.25, 0.3) is 5.91 Å². The van der Waals surface area contributed by atoms with Crippen LogP contribution in [0.25, 0.3) is 0 Å². The Labute approximate surface area is 284 Å². The fourth-order valence-electron chi connectivity index (χ4n) is 5.35. The van der Waals surface area contributed by atoms with Gasteiger partial charge in [-0.15, -0.1) is 0 Å². The number of carboxylic acid groups (broad SMARTS) is 1. The molecule has 1 saturated heterocycles. The first-order valence-corrected chi connectivity index (χ1v) is 16.8. The van der Waals surface area contributed by atoms with Crippen molar-refractivity contribution in [2.24, 2.45) is 11.8 Å². The van der Waals surface area contributed by atoms with Crippen LogP contribution in [0.1, 0.15) is 78.7 Å². The number of hydrazine groups is 1. The predicted octanol–water partition coefficient (Wildman–Crippen LogP) is 3.14. The molecule has 3 amide bonds. The van der Waals surface area contributed by atoms with Gasteiger partial charge in [0, 0.05) is 18.9 Å². The minimum atomic E-state index is -1.20. The number of hydrogen-bond donors (Lipinski definition) is 7. The monoisotopic (exact) mass is 670 g/mol. The molecule has 1 aromatic rings. The van der Waals surface area contributed by atoms with Gasteiger partial charge < -0.3 is 31.1 Å². The molecule has 1 heterocycles. The Morgan fingerprint density at radius 3 is 2.48 bits per heavy atom. The molecule has 6 unspecified atom stereocenters. The molecule has 0 aromatic heterocycles. The van der Waals surface area contributed by atoms with Gasteiger partial charge in [-0.3, -0.25) is 24.2 Å². The van der Waals surface area contributed by atoms with Crippen molar-refractivity contribution in [1.29, 1.82) is 0 Å². The number of benzene rings is 1. The zero-order valence-corrected chi connectivity index (χ0v) is 28.8. The van der Waals surface area contributed by atoms with Crippen LogP contribution in [0.4, 0.5) is 0 Å². The van der Waals surface area contributed by atoms with Crippen molar-refractivity contribution < 1.29 is 39.6 Å². The van der Waals surface area contributed by atoms with Crippen molar-refractivity contribution in [3.63, 3.8) is 0 Å². The number of aliphatic hydroxyl groups is 2. The van der Waals surface area contributed by atoms with Gasteiger partial charge in [-0.25, -0.2) is 5.43 Å². The summed E-state index contributed by atoms with van der Waals surface area (Å²) < 4.78 is 0. The number of rotatable bonds is 18. The Kier molecular flexibility index (Phi) is 17.1. The second-order valence-corrected chi connectivity index (χ2v) is 12.8. The van der Waals surface area contributed by atoms with Gasteiger partial charge in [-0.1, -0.05) is 75.8 Å². The van der Waals surface area contributed by atoms with Crippen molar-refractivity contribution >= 4 is 23.7 Å². The quantitative estimate of drug-likeness (QED) is 0.0909. The highest BCUT2D eigenvalue weighted by Crippen LogP contribution is 2.17. The fourth-order valence-corrected chi connectivity index (χ4v) is 5.35. The lowest BCUT2D eigenvalue weighted by Crippen LogP contribution is -2.62. The number of carbonyl (C=O) groups is 4. The van der Waals surface area contributed by atoms with Crippen LogP contribution in [0.5, 0.6) is 5.75 Å². The van der Waals surface area contributed by atoms with E-state index in [2.05, 4.69) is 36.0 Å². The van der Waals surface area contributed by atoms with Crippen LogP contribution in [0.2, 0.25) is 0 Å². The minimum Gasteiger partial charge on any atom is -0.508 e. The van der Waals surface area contributed by atoms with Gasteiger partial charge >= 0.3 is 5.97 Å². The molecule has 0 saturated carbocycles. The van der Waals surface area contributed by atoms with E-state index in [1.807, 2.05) is 12.2 Å². The molecule has 1 aliphatic rings. The maximum atomic E-state index is 13.6. The average Bonchev–Trinajstić information content (AvgIpc) is 3.04. The van der Waals surface area contributed by atoms with E-state index >= 15 is 0 Å². The Hall–Kier alpha value is -4.00. The zero-order valence-electron chi connectivity index (χ0n) is 28.8. The number of allylic oxidation sites excluding steroid dienone is 5. The van der Waals surface area contributed by atoms with E-state index in [1.54, 1.807) is 45.1 Å². The second-order valence-electron chi connectivity index (χ2n) is 12.8. The summed E-state index contributed by atoms with van der Waals surface area (Å²) >= 11 is 0. The first-order chi connectivity index (χ1) is 22.7. The van der Waals surface area contributed by atoms with Crippen LogP contribution >= 0.6 is 0 Å². The standard InChI is InChI=1S/C36H54N4O8/c1-6-13-24(4)14-9-7-8-10-18-30(42)25(5)31(43)22-32(44)38-33(23(2)3)34(45)37-29(21-26-15-11-16-27(41)20-26)35(46)40-19-12-17-28(39-40)36(47)48/h7-8,10-11,13,15-16,18,20,23,25,28-31,33,39,41-43H,6,9,12,14,17,19,21-22H2,1-5H3,(H,37,45)(H,38,44)(H,47,48)/b8-7+,18-10+,24-13+. The Morgan fingerprint density at radius 1 is 1.10 bits per heavy atom. The van der Waals surface area contributed by atoms with Gasteiger partial charge in [0.05, 0.1) is 18.6 Å². The molecule has 0 aliphatic carbocycles. The molecular weight excluding hydrogens is 616 g/mol. The summed E-state index contributed by atoms with van der Waals surface area (Å²) in [6.07, 6.45) is 10.4. The Morgan fingerprint density at radius 2 is 1.83 bits per heavy atom. The minimum absolute atomic E-state index is 0.0000228. The molecule has 12 nitrogen and oxygen atoms in total. The number of carboxylic acids is 1. The first-order valence-electron chi connectivity index (χ1n) is 16.8. The van der Waals surface area contributed by atoms with Crippen LogP contribution in [-0.4, -0.2) is 86.0 Å². The lowest BCUT2D eigenvalue weighted by atomic mass is 9.94. The summed E-state index contributed by atoms with van der Waals surface area (Å²) in [5.74, 6) is -3.98. The zero-order chi connectivity index (χ0) is 35.8. The smallest absolute Gasteiger partial charge is 0.322 e. The third-order valence-corrected chi connectivity index (χ3v) is 8.33. The van der Waals surface area contributed by atoms with E-state index in [-0.39, 0.29) is 25.1 Å². The summed E-state index contributed by atoms with van der Waals surface area (Å²) in [4.78, 5) is 51.7. The van der Waals surface area contributed by atoms with Crippen LogP contribution in [0.3, 0.4) is 0 Å². The van der Waals surface area contributed by atoms with E-state index in [4.69, 9.17) is 0 Å². The molecule has 0 bridgehead atoms. The number of phenolic OH excluding ortho intramolecular Hbond substituents is 1. The van der Waals surface area contributed by atoms with E-state index in [1.165, 1.54) is 22.7 Å². The normalized spacial score (nSPS) is 18.8. The number of nitrogens with zero attached hydrogens (tertiary/aromatic N) is 1. The van der Waals surface area contributed by atoms with E-state index < -0.39 is 65.9 Å². The van der Waals surface area contributed by atoms with Gasteiger partial charge in [-0.05, 0) is 62.6 Å². The molecule has 0 spiro atoms. The van der Waals surface area contributed by atoms with Crippen molar-refractivity contribution in [3.05, 3.63) is 65.8 Å². The highest BCUT2D eigenvalue weighted by atomic mass is 16.4. The highest BCUT2D eigenvalue weighted by Gasteiger charge is 2.35. The first kappa shape index (κ1) is 40.2. The van der Waals surface area contributed by atoms with E-state index in [0.29, 0.717) is 18.4 Å². The molecule has 266 valence electrons. The summed E-state index contributed by atoms with van der Waals surface area (Å²) in [6, 6.07) is 3.07. The lowest BCUT2D eigenvalue weighted by Gasteiger charge is -2.35. The second kappa shape index (κ2) is 20.4. The summed E-state index contributed by atoms with van der Waals surface area (Å²) in [6.45, 7) is 9.51. The third-order valence-electron chi connectivity index (χ3n) is 8.33. The topological polar surface area (TPSA) is 189 Å². The lowest BCUT2D eigenvalue weighted by molar-refractivity contribution is -0.148. The van der Waals surface area contributed by atoms with Gasteiger partial charge in [0.15, 0.2) is 0 Å². The summed E-state index contributed by atoms with van der Waals surface area (Å²) in [5, 5.41) is 47.2. The maximum absolute atomic E-state index is 13.6. The van der Waals surface area contributed by atoms with Crippen molar-refractivity contribution in [2.75, 3.05) is 6.54 Å². The van der Waals surface area contributed by atoms with Crippen LogP contribution in [-0.2, 0) is 25.6 Å². The number of amides is 3. The van der Waals surface area contributed by atoms with E-state index in [0.717, 1.165) is 19.3 Å². The van der Waals surface area contributed by atoms with Gasteiger partial charge in [-0.2, -0.15) is 0 Å². The van der Waals surface area contributed by atoms with Crippen LogP contribution in [0, 0.1) is 11.8 Å². The summed E-state index contributed by atoms with van der Waals surface area (Å²) in [5.41, 5.74) is 4.60. The number of aliphatic hydroxyl groups excluding tert-OH is 2. The molecule has 1 aliphatic heterocycles. The molecule has 12 heteroatoms. The SMILES string of the molecule is CC/C=C(\C)CC/C=C/C=C/C(O)C(C)C(O)CC(=O)NC(C(=O)NC(Cc1cccc(O)c1)C(=O)N1CCCC(C(=O)O)N1)C(C)C. The number of carbonyl (C=O) groups excluding carboxylic acids is 3. The van der Waals surface area contributed by atoms with Gasteiger partial charge in [0.2, 0.25) is 11.8 Å². The van der Waals surface area contributed by atoms with Crippen LogP contribution in [0.15, 0.2) is 60.2 Å². The predicted molar refractivity (Wildman–Crippen MR) is 183 cm³/mol. The number of nitrogens with one attached hydrogen (secondary N) is 3. The van der Waals surface area contributed by atoms with Crippen molar-refractivity contribution in [2.45, 2.75) is 110 Å². The average molecular weight is 671 g/mol. The highest BCUT2D eigenvalue weighted by molar-refractivity contribution is 5.92. The third kappa shape index (κ3) is 13.6. The number of phenols is 1. The number of hydrogen-bond acceptors (Lipinski definition) is 8. The summed E-state index contributed by atoms with van der Waals surface area (Å²) in [7, 11) is 0. The number of aromatic hydroxyl groups is 1. The molecule has 0 radical (unpaired) electrons. The molecule has 6 atom stereocenters. The van der Waals surface area contributed by atoms with Gasteiger partial charge in [0.1, 0.15) is 23.9 Å². The molecule has 1 aromatic carbocycles. The van der Waals surface area contributed by atoms with Crippen LogP contribution < -0.4 is 16.1 Å². The largest absolute Gasteiger partial charge is 0.508 e. The molecule has 7 N–H and O–H groups in total. The van der Waals surface area contributed by atoms with Crippen molar-refractivity contribution in [1.82, 2.24) is 21.1 Å². The molecule has 2 rings (SSSR count). The van der Waals surface area contributed by atoms with E-state index in [9.17, 15) is 39.6 Å². The number of aliphatic carboxylic acids is 1. The Bertz CT molecular complexity index is 1310. The molecular formula is C36H54N4O8. The van der Waals surface area contributed by atoms with Crippen molar-refractivity contribution in [3.8, 4) is 5.75 Å². The fraction of sp³-hybridized carbons (Fsp3) is 0.556.